The highest BCUT2D eigenvalue weighted by Gasteiger charge is 2.24. The maximum absolute atomic E-state index is 13.9. The summed E-state index contributed by atoms with van der Waals surface area (Å²) < 4.78 is 18.0. The molecule has 1 aromatic heterocycles. The standard InChI is InChI=1S/C37H51NO5.C2H2O4/c1-4-7-16-34-35(32-27-29(19-22-33(32)43-34)37(40)42-31-14-11-10-12-15-31)36(39)28-17-20-30(21-18-28)41-26-13-25-38(23-8-5-2)24-9-6-3;3-1(4)2(5)6/h17-22,27,31H,4-16,23-26H2,1-3H3;(H,3,4)(H,5,6). The van der Waals surface area contributed by atoms with Crippen molar-refractivity contribution in [3.05, 3.63) is 64.9 Å². The first-order valence-electron chi connectivity index (χ1n) is 17.9. The summed E-state index contributed by atoms with van der Waals surface area (Å²) in [5.74, 6) is -2.64. The summed E-state index contributed by atoms with van der Waals surface area (Å²) in [5.41, 5.74) is 2.20. The Morgan fingerprint density at radius 3 is 1.96 bits per heavy atom. The number of carboxylic acids is 2. The Labute approximate surface area is 289 Å². The molecular formula is C39H53NO9. The molecule has 10 heteroatoms. The average Bonchev–Trinajstić information content (AvgIpc) is 3.48. The highest BCUT2D eigenvalue weighted by molar-refractivity contribution is 6.27. The Balaban J connectivity index is 0.000000992. The first kappa shape index (κ1) is 39.3. The lowest BCUT2D eigenvalue weighted by atomic mass is 9.97. The van der Waals surface area contributed by atoms with Gasteiger partial charge >= 0.3 is 17.9 Å². The van der Waals surface area contributed by atoms with Crippen molar-refractivity contribution in [1.82, 2.24) is 4.90 Å². The van der Waals surface area contributed by atoms with E-state index in [-0.39, 0.29) is 17.9 Å². The zero-order chi connectivity index (χ0) is 35.6. The van der Waals surface area contributed by atoms with Crippen molar-refractivity contribution < 1.29 is 43.3 Å². The van der Waals surface area contributed by atoms with Gasteiger partial charge in [-0.15, -0.1) is 0 Å². The van der Waals surface area contributed by atoms with Gasteiger partial charge in [-0.2, -0.15) is 0 Å². The number of esters is 1. The van der Waals surface area contributed by atoms with Crippen molar-refractivity contribution in [3.63, 3.8) is 0 Å². The van der Waals surface area contributed by atoms with Crippen LogP contribution in [0.25, 0.3) is 11.0 Å². The number of hydrogen-bond acceptors (Lipinski definition) is 8. The largest absolute Gasteiger partial charge is 0.494 e. The summed E-state index contributed by atoms with van der Waals surface area (Å²) in [7, 11) is 0. The average molecular weight is 680 g/mol. The van der Waals surface area contributed by atoms with Gasteiger partial charge in [-0.05, 0) is 107 Å². The number of carboxylic acid groups (broad SMARTS) is 2. The third-order valence-electron chi connectivity index (χ3n) is 8.65. The molecular weight excluding hydrogens is 626 g/mol. The van der Waals surface area contributed by atoms with Gasteiger partial charge in [0.2, 0.25) is 0 Å². The predicted molar refractivity (Wildman–Crippen MR) is 189 cm³/mol. The molecule has 1 fully saturated rings. The van der Waals surface area contributed by atoms with Crippen LogP contribution in [0.2, 0.25) is 0 Å². The minimum Gasteiger partial charge on any atom is -0.494 e. The maximum atomic E-state index is 13.9. The number of benzene rings is 2. The molecule has 1 heterocycles. The van der Waals surface area contributed by atoms with Gasteiger partial charge in [-0.1, -0.05) is 46.5 Å². The molecule has 2 aromatic carbocycles. The molecule has 49 heavy (non-hydrogen) atoms. The van der Waals surface area contributed by atoms with E-state index >= 15 is 0 Å². The molecule has 1 aliphatic carbocycles. The lowest BCUT2D eigenvalue weighted by Gasteiger charge is -2.21. The van der Waals surface area contributed by atoms with Crippen LogP contribution in [-0.2, 0) is 20.7 Å². The van der Waals surface area contributed by atoms with Gasteiger partial charge in [0.15, 0.2) is 5.78 Å². The molecule has 268 valence electrons. The van der Waals surface area contributed by atoms with Crippen molar-refractivity contribution in [2.45, 2.75) is 110 Å². The minimum absolute atomic E-state index is 0.0238. The van der Waals surface area contributed by atoms with Gasteiger partial charge in [0.05, 0.1) is 17.7 Å². The molecule has 0 aliphatic heterocycles. The number of ether oxygens (including phenoxy) is 2. The van der Waals surface area contributed by atoms with E-state index in [9.17, 15) is 9.59 Å². The van der Waals surface area contributed by atoms with Crippen molar-refractivity contribution in [2.75, 3.05) is 26.2 Å². The summed E-state index contributed by atoms with van der Waals surface area (Å²) in [6.45, 7) is 10.6. The van der Waals surface area contributed by atoms with Gasteiger partial charge < -0.3 is 29.0 Å². The molecule has 1 aliphatic rings. The highest BCUT2D eigenvalue weighted by atomic mass is 16.5. The van der Waals surface area contributed by atoms with Gasteiger partial charge in [-0.25, -0.2) is 14.4 Å². The number of unbranched alkanes of at least 4 members (excludes halogenated alkanes) is 3. The van der Waals surface area contributed by atoms with E-state index in [1.165, 1.54) is 32.1 Å². The zero-order valence-corrected chi connectivity index (χ0v) is 29.3. The fourth-order valence-corrected chi connectivity index (χ4v) is 5.86. The summed E-state index contributed by atoms with van der Waals surface area (Å²) >= 11 is 0. The van der Waals surface area contributed by atoms with E-state index < -0.39 is 11.9 Å². The van der Waals surface area contributed by atoms with Crippen LogP contribution in [0.5, 0.6) is 5.75 Å². The fraction of sp³-hybridized carbons (Fsp3) is 0.538. The summed E-state index contributed by atoms with van der Waals surface area (Å²) in [4.78, 5) is 47.7. The van der Waals surface area contributed by atoms with Crippen LogP contribution in [-0.4, -0.2) is 71.1 Å². The Morgan fingerprint density at radius 1 is 0.776 bits per heavy atom. The van der Waals surface area contributed by atoms with Crippen LogP contribution < -0.4 is 4.74 Å². The number of carbonyl (C=O) groups excluding carboxylic acids is 2. The number of rotatable bonds is 18. The van der Waals surface area contributed by atoms with Gasteiger partial charge in [0.25, 0.3) is 0 Å². The maximum Gasteiger partial charge on any atom is 0.414 e. The molecule has 0 bridgehead atoms. The molecule has 0 amide bonds. The third-order valence-corrected chi connectivity index (χ3v) is 8.65. The predicted octanol–water partition coefficient (Wildman–Crippen LogP) is 8.32. The first-order valence-corrected chi connectivity index (χ1v) is 17.9. The minimum atomic E-state index is -1.82. The Hall–Kier alpha value is -4.18. The molecule has 3 aromatic rings. The normalized spacial score (nSPS) is 13.1. The topological polar surface area (TPSA) is 144 Å². The Morgan fingerprint density at radius 2 is 1.37 bits per heavy atom. The van der Waals surface area contributed by atoms with Crippen LogP contribution in [0.4, 0.5) is 0 Å². The van der Waals surface area contributed by atoms with E-state index in [1.54, 1.807) is 18.2 Å². The van der Waals surface area contributed by atoms with Gasteiger partial charge in [0.1, 0.15) is 23.2 Å². The van der Waals surface area contributed by atoms with Gasteiger partial charge in [0, 0.05) is 23.9 Å². The smallest absolute Gasteiger partial charge is 0.414 e. The van der Waals surface area contributed by atoms with E-state index in [0.717, 1.165) is 70.3 Å². The molecule has 0 spiro atoms. The number of hydrogen-bond donors (Lipinski definition) is 2. The van der Waals surface area contributed by atoms with E-state index in [0.29, 0.717) is 46.4 Å². The van der Waals surface area contributed by atoms with Crippen molar-refractivity contribution >= 4 is 34.7 Å². The van der Waals surface area contributed by atoms with Crippen LogP contribution >= 0.6 is 0 Å². The fourth-order valence-electron chi connectivity index (χ4n) is 5.86. The quantitative estimate of drug-likeness (QED) is 0.0583. The third kappa shape index (κ3) is 12.7. The van der Waals surface area contributed by atoms with Crippen LogP contribution in [0.3, 0.4) is 0 Å². The Kier molecular flexibility index (Phi) is 16.8. The summed E-state index contributed by atoms with van der Waals surface area (Å²) in [6, 6.07) is 12.7. The van der Waals surface area contributed by atoms with Crippen LogP contribution in [0.1, 0.15) is 130 Å². The molecule has 0 saturated heterocycles. The summed E-state index contributed by atoms with van der Waals surface area (Å²) in [6.07, 6.45) is 13.6. The van der Waals surface area contributed by atoms with E-state index in [1.807, 2.05) is 24.3 Å². The van der Waals surface area contributed by atoms with E-state index in [2.05, 4.69) is 25.7 Å². The second kappa shape index (κ2) is 21.0. The zero-order valence-electron chi connectivity index (χ0n) is 29.3. The number of carbonyl (C=O) groups is 4. The van der Waals surface area contributed by atoms with Crippen LogP contribution in [0, 0.1) is 0 Å². The van der Waals surface area contributed by atoms with E-state index in [4.69, 9.17) is 33.7 Å². The van der Waals surface area contributed by atoms with Crippen molar-refractivity contribution in [2.24, 2.45) is 0 Å². The molecule has 2 N–H and O–H groups in total. The first-order chi connectivity index (χ1) is 23.7. The summed E-state index contributed by atoms with van der Waals surface area (Å²) in [5, 5.41) is 15.5. The van der Waals surface area contributed by atoms with Crippen molar-refractivity contribution in [3.8, 4) is 5.75 Å². The number of aryl methyl sites for hydroxylation is 1. The monoisotopic (exact) mass is 679 g/mol. The number of nitrogens with zero attached hydrogens (tertiary/aromatic N) is 1. The number of aliphatic carboxylic acids is 2. The second-order valence-corrected chi connectivity index (χ2v) is 12.6. The lowest BCUT2D eigenvalue weighted by Crippen LogP contribution is -2.28. The molecule has 10 nitrogen and oxygen atoms in total. The second-order valence-electron chi connectivity index (χ2n) is 12.6. The van der Waals surface area contributed by atoms with Crippen molar-refractivity contribution in [1.29, 1.82) is 0 Å². The molecule has 1 saturated carbocycles. The highest BCUT2D eigenvalue weighted by Crippen LogP contribution is 2.31. The molecule has 4 rings (SSSR count). The van der Waals surface area contributed by atoms with Crippen LogP contribution in [0.15, 0.2) is 46.9 Å². The molecule has 0 unspecified atom stereocenters. The Bertz CT molecular complexity index is 1470. The number of fused-ring (bicyclic) bond motifs is 1. The molecule has 0 radical (unpaired) electrons. The number of ketones is 1. The lowest BCUT2D eigenvalue weighted by molar-refractivity contribution is -0.159. The molecule has 0 atom stereocenters. The number of furan rings is 1. The SMILES string of the molecule is CCCCc1oc2ccc(C(=O)OC3CCCCC3)cc2c1C(=O)c1ccc(OCCCN(CCCC)CCCC)cc1.O=C(O)C(=O)O. The van der Waals surface area contributed by atoms with Gasteiger partial charge in [-0.3, -0.25) is 4.79 Å².